The Hall–Kier alpha value is -2.07. The molecule has 0 saturated carbocycles. The van der Waals surface area contributed by atoms with Crippen molar-refractivity contribution in [1.82, 2.24) is 14.7 Å². The Labute approximate surface area is 158 Å². The van der Waals surface area contributed by atoms with Crippen LogP contribution < -0.4 is 9.62 Å². The summed E-state index contributed by atoms with van der Waals surface area (Å²) >= 11 is 7.07. The van der Waals surface area contributed by atoms with E-state index in [1.165, 1.54) is 23.5 Å². The monoisotopic (exact) mass is 408 g/mol. The van der Waals surface area contributed by atoms with Crippen molar-refractivity contribution in [1.29, 1.82) is 0 Å². The molecule has 1 atom stereocenters. The maximum absolute atomic E-state index is 12.7. The van der Waals surface area contributed by atoms with Gasteiger partial charge in [-0.25, -0.2) is 13.4 Å². The molecule has 2 aromatic heterocycles. The topological polar surface area (TPSA) is 92.3 Å². The van der Waals surface area contributed by atoms with Gasteiger partial charge in [-0.3, -0.25) is 14.7 Å². The summed E-state index contributed by atoms with van der Waals surface area (Å²) in [6.45, 7) is 0.382. The van der Waals surface area contributed by atoms with Gasteiger partial charge >= 0.3 is 0 Å². The van der Waals surface area contributed by atoms with E-state index in [1.54, 1.807) is 24.3 Å². The number of nitrogens with one attached hydrogen (secondary N) is 1. The molecule has 26 heavy (non-hydrogen) atoms. The standard InChI is InChI=1S/C16H13ClN4O3S2/c17-11-2-1-10-7-15(25-13(10)8-11)26(23,24)20-12-3-6-21(16(12)22)14-9-18-4-5-19-14/h1-2,4-5,7-9,12,20H,3,6H2. The fourth-order valence-corrected chi connectivity index (χ4v) is 5.72. The van der Waals surface area contributed by atoms with Gasteiger partial charge in [-0.15, -0.1) is 11.3 Å². The second-order valence-corrected chi connectivity index (χ2v) is 9.22. The summed E-state index contributed by atoms with van der Waals surface area (Å²) in [5.41, 5.74) is 0. The highest BCUT2D eigenvalue weighted by Crippen LogP contribution is 2.31. The number of aromatic nitrogens is 2. The van der Waals surface area contributed by atoms with Crippen molar-refractivity contribution in [3.8, 4) is 0 Å². The molecule has 3 aromatic rings. The Morgan fingerprint density at radius 1 is 1.27 bits per heavy atom. The number of anilines is 1. The first-order chi connectivity index (χ1) is 12.4. The molecule has 1 fully saturated rings. The lowest BCUT2D eigenvalue weighted by Gasteiger charge is -2.15. The molecule has 3 heterocycles. The third-order valence-electron chi connectivity index (χ3n) is 4.05. The number of hydrogen-bond acceptors (Lipinski definition) is 6. The van der Waals surface area contributed by atoms with Crippen LogP contribution in [-0.2, 0) is 14.8 Å². The van der Waals surface area contributed by atoms with Gasteiger partial charge in [0.1, 0.15) is 10.3 Å². The smallest absolute Gasteiger partial charge is 0.250 e. The first-order valence-corrected chi connectivity index (χ1v) is 10.4. The molecule has 1 unspecified atom stereocenters. The molecule has 1 N–H and O–H groups in total. The lowest BCUT2D eigenvalue weighted by atomic mass is 10.3. The van der Waals surface area contributed by atoms with Crippen molar-refractivity contribution >= 4 is 54.8 Å². The van der Waals surface area contributed by atoms with Crippen LogP contribution in [0.2, 0.25) is 5.02 Å². The maximum atomic E-state index is 12.7. The summed E-state index contributed by atoms with van der Waals surface area (Å²) in [6, 6.07) is 5.95. The van der Waals surface area contributed by atoms with E-state index in [-0.39, 0.29) is 10.1 Å². The van der Waals surface area contributed by atoms with Crippen molar-refractivity contribution < 1.29 is 13.2 Å². The summed E-state index contributed by atoms with van der Waals surface area (Å²) in [5, 5.41) is 1.33. The number of benzene rings is 1. The lowest BCUT2D eigenvalue weighted by molar-refractivity contribution is -0.118. The molecule has 0 bridgehead atoms. The van der Waals surface area contributed by atoms with Gasteiger partial charge in [0, 0.05) is 28.7 Å². The minimum atomic E-state index is -3.82. The van der Waals surface area contributed by atoms with Gasteiger partial charge < -0.3 is 0 Å². The van der Waals surface area contributed by atoms with Crippen LogP contribution in [0.25, 0.3) is 10.1 Å². The number of thiophene rings is 1. The number of nitrogens with zero attached hydrogens (tertiary/aromatic N) is 3. The molecule has 1 saturated heterocycles. The summed E-state index contributed by atoms with van der Waals surface area (Å²) in [7, 11) is -3.82. The molecule has 1 aromatic carbocycles. The zero-order valence-corrected chi connectivity index (χ0v) is 15.7. The third kappa shape index (κ3) is 3.18. The minimum absolute atomic E-state index is 0.153. The molecule has 4 rings (SSSR count). The summed E-state index contributed by atoms with van der Waals surface area (Å²) in [5.74, 6) is 0.0777. The van der Waals surface area contributed by atoms with E-state index in [4.69, 9.17) is 11.6 Å². The van der Waals surface area contributed by atoms with Gasteiger partial charge in [0.25, 0.3) is 10.0 Å². The number of hydrogen-bond donors (Lipinski definition) is 1. The molecule has 10 heteroatoms. The number of carbonyl (C=O) groups excluding carboxylic acids is 1. The Kier molecular flexibility index (Phi) is 4.39. The quantitative estimate of drug-likeness (QED) is 0.715. The molecule has 0 spiro atoms. The van der Waals surface area contributed by atoms with Crippen molar-refractivity contribution in [2.75, 3.05) is 11.4 Å². The van der Waals surface area contributed by atoms with E-state index >= 15 is 0 Å². The zero-order valence-electron chi connectivity index (χ0n) is 13.3. The van der Waals surface area contributed by atoms with Crippen molar-refractivity contribution in [3.63, 3.8) is 0 Å². The van der Waals surface area contributed by atoms with Crippen LogP contribution in [0.5, 0.6) is 0 Å². The van der Waals surface area contributed by atoms with Crippen LogP contribution in [0.1, 0.15) is 6.42 Å². The second-order valence-electron chi connectivity index (χ2n) is 5.76. The number of amides is 1. The Morgan fingerprint density at radius 3 is 2.88 bits per heavy atom. The number of rotatable bonds is 4. The van der Waals surface area contributed by atoms with Crippen molar-refractivity contribution in [2.24, 2.45) is 0 Å². The van der Waals surface area contributed by atoms with E-state index in [9.17, 15) is 13.2 Å². The average molecular weight is 409 g/mol. The van der Waals surface area contributed by atoms with Gasteiger partial charge in [-0.2, -0.15) is 4.72 Å². The average Bonchev–Trinajstić information content (AvgIpc) is 3.20. The lowest BCUT2D eigenvalue weighted by Crippen LogP contribution is -2.41. The Balaban J connectivity index is 1.57. The second kappa shape index (κ2) is 6.58. The predicted molar refractivity (Wildman–Crippen MR) is 99.9 cm³/mol. The Bertz CT molecular complexity index is 1090. The molecular weight excluding hydrogens is 396 g/mol. The van der Waals surface area contributed by atoms with E-state index in [0.29, 0.717) is 23.8 Å². The first kappa shape index (κ1) is 17.3. The largest absolute Gasteiger partial charge is 0.294 e. The fraction of sp³-hybridized carbons (Fsp3) is 0.188. The van der Waals surface area contributed by atoms with Crippen LogP contribution in [0.15, 0.2) is 47.1 Å². The fourth-order valence-electron chi connectivity index (χ4n) is 2.81. The molecule has 1 aliphatic rings. The molecule has 1 aliphatic heterocycles. The maximum Gasteiger partial charge on any atom is 0.250 e. The van der Waals surface area contributed by atoms with Gasteiger partial charge in [0.2, 0.25) is 5.91 Å². The molecular formula is C16H13ClN4O3S2. The highest BCUT2D eigenvalue weighted by Gasteiger charge is 2.36. The summed E-state index contributed by atoms with van der Waals surface area (Å²) < 4.78 is 28.8. The summed E-state index contributed by atoms with van der Waals surface area (Å²) in [4.78, 5) is 22.0. The number of carbonyl (C=O) groups is 1. The van der Waals surface area contributed by atoms with E-state index in [1.807, 2.05) is 0 Å². The van der Waals surface area contributed by atoms with Gasteiger partial charge in [-0.05, 0) is 30.0 Å². The van der Waals surface area contributed by atoms with E-state index in [0.717, 1.165) is 21.4 Å². The number of sulfonamides is 1. The predicted octanol–water partition coefficient (Wildman–Crippen LogP) is 2.43. The number of fused-ring (bicyclic) bond motifs is 1. The Morgan fingerprint density at radius 2 is 2.12 bits per heavy atom. The highest BCUT2D eigenvalue weighted by molar-refractivity contribution is 7.91. The van der Waals surface area contributed by atoms with E-state index in [2.05, 4.69) is 14.7 Å². The van der Waals surface area contributed by atoms with Gasteiger partial charge in [0.15, 0.2) is 5.82 Å². The van der Waals surface area contributed by atoms with Crippen LogP contribution in [0.3, 0.4) is 0 Å². The zero-order chi connectivity index (χ0) is 18.3. The van der Waals surface area contributed by atoms with Crippen LogP contribution in [0.4, 0.5) is 5.82 Å². The van der Waals surface area contributed by atoms with Crippen LogP contribution in [0, 0.1) is 0 Å². The van der Waals surface area contributed by atoms with Gasteiger partial charge in [-0.1, -0.05) is 17.7 Å². The van der Waals surface area contributed by atoms with E-state index < -0.39 is 16.1 Å². The SMILES string of the molecule is O=C1C(NS(=O)(=O)c2cc3ccc(Cl)cc3s2)CCN1c1cnccn1. The van der Waals surface area contributed by atoms with Crippen LogP contribution >= 0.6 is 22.9 Å². The number of halogens is 1. The van der Waals surface area contributed by atoms with Crippen molar-refractivity contribution in [2.45, 2.75) is 16.7 Å². The van der Waals surface area contributed by atoms with Crippen LogP contribution in [-0.4, -0.2) is 36.9 Å². The van der Waals surface area contributed by atoms with Crippen molar-refractivity contribution in [3.05, 3.63) is 47.9 Å². The van der Waals surface area contributed by atoms with Gasteiger partial charge in [0.05, 0.1) is 6.20 Å². The highest BCUT2D eigenvalue weighted by atomic mass is 35.5. The minimum Gasteiger partial charge on any atom is -0.294 e. The molecule has 134 valence electrons. The third-order valence-corrected chi connectivity index (χ3v) is 7.33. The normalized spacial score (nSPS) is 18.0. The molecule has 0 radical (unpaired) electrons. The first-order valence-electron chi connectivity index (χ1n) is 7.73. The summed E-state index contributed by atoms with van der Waals surface area (Å²) in [6.07, 6.45) is 4.84. The molecule has 7 nitrogen and oxygen atoms in total. The molecule has 0 aliphatic carbocycles. The molecule has 1 amide bonds.